The van der Waals surface area contributed by atoms with E-state index in [1.165, 1.54) is 4.68 Å². The van der Waals surface area contributed by atoms with Crippen LogP contribution < -0.4 is 15.0 Å². The fourth-order valence-corrected chi connectivity index (χ4v) is 5.01. The summed E-state index contributed by atoms with van der Waals surface area (Å²) in [6.07, 6.45) is 1.57. The molecule has 11 heteroatoms. The van der Waals surface area contributed by atoms with E-state index in [4.69, 9.17) is 32.7 Å². The minimum absolute atomic E-state index is 0.252. The summed E-state index contributed by atoms with van der Waals surface area (Å²) in [4.78, 5) is 17.6. The van der Waals surface area contributed by atoms with Crippen LogP contribution in [0.2, 0.25) is 10.0 Å². The summed E-state index contributed by atoms with van der Waals surface area (Å²) in [6, 6.07) is 12.5. The molecule has 0 aliphatic heterocycles. The topological polar surface area (TPSA) is 65.7 Å². The van der Waals surface area contributed by atoms with Gasteiger partial charge >= 0.3 is 0 Å². The zero-order valence-electron chi connectivity index (χ0n) is 19.0. The second-order valence-corrected chi connectivity index (χ2v) is 10.9. The number of hydrogen-bond acceptors (Lipinski definition) is 5. The average Bonchev–Trinajstić information content (AvgIpc) is 2.84. The zero-order chi connectivity index (χ0) is 26.0. The minimum Gasteiger partial charge on any atom is -0.490 e. The molecule has 4 rings (SSSR count). The van der Waals surface area contributed by atoms with E-state index in [0.29, 0.717) is 59.4 Å². The molecule has 0 aliphatic carbocycles. The lowest BCUT2D eigenvalue weighted by Crippen LogP contribution is -2.20. The lowest BCUT2D eigenvalue weighted by molar-refractivity contribution is 0.267. The summed E-state index contributed by atoms with van der Waals surface area (Å²) < 4.78 is 15.3. The molecule has 3 aromatic carbocycles. The molecule has 36 heavy (non-hydrogen) atoms. The molecule has 0 spiro atoms. The summed E-state index contributed by atoms with van der Waals surface area (Å²) in [5, 5.41) is 5.83. The highest BCUT2D eigenvalue weighted by Gasteiger charge is 2.18. The molecule has 0 bridgehead atoms. The number of ether oxygens (including phenoxy) is 2. The van der Waals surface area contributed by atoms with Gasteiger partial charge in [0, 0.05) is 14.5 Å². The third-order valence-electron chi connectivity index (χ3n) is 5.11. The van der Waals surface area contributed by atoms with Crippen LogP contribution in [0.1, 0.15) is 23.9 Å². The zero-order valence-corrected chi connectivity index (χ0v) is 25.3. The molecule has 0 N–H and O–H groups in total. The summed E-state index contributed by atoms with van der Waals surface area (Å²) in [6.45, 7) is 4.29. The van der Waals surface area contributed by atoms with E-state index in [2.05, 4.69) is 57.9 Å². The number of benzene rings is 3. The number of rotatable bonds is 7. The third-order valence-corrected chi connectivity index (χ3v) is 8.48. The maximum Gasteiger partial charge on any atom is 0.282 e. The molecular weight excluding hydrogens is 701 g/mol. The van der Waals surface area contributed by atoms with E-state index in [-0.39, 0.29) is 12.2 Å². The Morgan fingerprint density at radius 1 is 1.03 bits per heavy atom. The van der Waals surface area contributed by atoms with Gasteiger partial charge in [0.05, 0.1) is 38.2 Å². The van der Waals surface area contributed by atoms with Gasteiger partial charge in [0.25, 0.3) is 5.56 Å². The molecule has 0 saturated carbocycles. The molecule has 0 atom stereocenters. The van der Waals surface area contributed by atoms with Gasteiger partial charge in [-0.05, 0) is 87.7 Å². The van der Waals surface area contributed by atoms with Crippen molar-refractivity contribution in [3.05, 3.63) is 93.2 Å². The van der Waals surface area contributed by atoms with Crippen molar-refractivity contribution >= 4 is 88.1 Å². The monoisotopic (exact) mass is 715 g/mol. The minimum atomic E-state index is -0.267. The van der Waals surface area contributed by atoms with Gasteiger partial charge < -0.3 is 9.47 Å². The highest BCUT2D eigenvalue weighted by molar-refractivity contribution is 9.13. The molecule has 0 fully saturated rings. The van der Waals surface area contributed by atoms with Gasteiger partial charge in [0.1, 0.15) is 12.4 Å². The van der Waals surface area contributed by atoms with Gasteiger partial charge in [-0.15, -0.1) is 0 Å². The van der Waals surface area contributed by atoms with E-state index >= 15 is 0 Å². The van der Waals surface area contributed by atoms with E-state index < -0.39 is 0 Å². The van der Waals surface area contributed by atoms with Crippen LogP contribution in [0.3, 0.4) is 0 Å². The van der Waals surface area contributed by atoms with Crippen molar-refractivity contribution in [1.82, 2.24) is 9.66 Å². The molecule has 186 valence electrons. The van der Waals surface area contributed by atoms with Crippen molar-refractivity contribution in [2.24, 2.45) is 5.10 Å². The van der Waals surface area contributed by atoms with Crippen LogP contribution in [0.25, 0.3) is 10.9 Å². The van der Waals surface area contributed by atoms with Crippen LogP contribution >= 0.6 is 71.0 Å². The van der Waals surface area contributed by atoms with Gasteiger partial charge in [0.2, 0.25) is 0 Å². The molecule has 4 aromatic rings. The van der Waals surface area contributed by atoms with Gasteiger partial charge in [-0.2, -0.15) is 9.78 Å². The predicted octanol–water partition coefficient (Wildman–Crippen LogP) is 8.16. The predicted molar refractivity (Wildman–Crippen MR) is 155 cm³/mol. The molecule has 1 aromatic heterocycles. The van der Waals surface area contributed by atoms with Crippen LogP contribution in [0.5, 0.6) is 11.5 Å². The maximum absolute atomic E-state index is 13.1. The van der Waals surface area contributed by atoms with Crippen molar-refractivity contribution in [3.63, 3.8) is 0 Å². The fraction of sp³-hybridized carbons (Fsp3) is 0.160. The van der Waals surface area contributed by atoms with Crippen LogP contribution in [-0.4, -0.2) is 22.5 Å². The Hall–Kier alpha value is -1.91. The summed E-state index contributed by atoms with van der Waals surface area (Å²) in [7, 11) is 0. The molecule has 0 amide bonds. The fourth-order valence-electron chi connectivity index (χ4n) is 3.40. The number of halogens is 5. The standard InChI is InChI=1S/C25H18Br3Cl2N3O3/c1-3-35-21-9-15(11-31-33-13(2)32-20-7-5-16(26)10-17(20)25(33)34)22(27)23(28)24(21)36-12-14-4-6-18(29)19(30)8-14/h4-11H,3,12H2,1-2H3. The molecule has 0 radical (unpaired) electrons. The van der Waals surface area contributed by atoms with Gasteiger partial charge in [-0.25, -0.2) is 4.98 Å². The van der Waals surface area contributed by atoms with Gasteiger partial charge in [-0.3, -0.25) is 4.79 Å². The summed E-state index contributed by atoms with van der Waals surface area (Å²) in [5.74, 6) is 1.49. The highest BCUT2D eigenvalue weighted by Crippen LogP contribution is 2.43. The van der Waals surface area contributed by atoms with Crippen molar-refractivity contribution < 1.29 is 9.47 Å². The molecule has 0 aliphatic rings. The molecular formula is C25H18Br3Cl2N3O3. The Morgan fingerprint density at radius 2 is 1.81 bits per heavy atom. The highest BCUT2D eigenvalue weighted by atomic mass is 79.9. The first-order chi connectivity index (χ1) is 17.2. The van der Waals surface area contributed by atoms with Gasteiger partial charge in [0.15, 0.2) is 11.5 Å². The average molecular weight is 719 g/mol. The van der Waals surface area contributed by atoms with Crippen molar-refractivity contribution in [2.45, 2.75) is 20.5 Å². The van der Waals surface area contributed by atoms with E-state index in [1.54, 1.807) is 43.5 Å². The SMILES string of the molecule is CCOc1cc(C=Nn2c(C)nc3ccc(Br)cc3c2=O)c(Br)c(Br)c1OCc1ccc(Cl)c(Cl)c1. The molecule has 6 nitrogen and oxygen atoms in total. The summed E-state index contributed by atoms with van der Waals surface area (Å²) in [5.41, 5.74) is 1.87. The summed E-state index contributed by atoms with van der Waals surface area (Å²) >= 11 is 22.7. The first-order valence-electron chi connectivity index (χ1n) is 10.6. The third kappa shape index (κ3) is 5.81. The van der Waals surface area contributed by atoms with Crippen LogP contribution in [-0.2, 0) is 6.61 Å². The van der Waals surface area contributed by atoms with Crippen molar-refractivity contribution in [3.8, 4) is 11.5 Å². The van der Waals surface area contributed by atoms with E-state index in [0.717, 1.165) is 10.0 Å². The van der Waals surface area contributed by atoms with E-state index in [1.807, 2.05) is 19.1 Å². The number of fused-ring (bicyclic) bond motifs is 1. The molecule has 1 heterocycles. The van der Waals surface area contributed by atoms with Crippen LogP contribution in [0, 0.1) is 6.92 Å². The van der Waals surface area contributed by atoms with Crippen LogP contribution in [0.4, 0.5) is 0 Å². The normalized spacial score (nSPS) is 11.4. The quantitative estimate of drug-likeness (QED) is 0.181. The van der Waals surface area contributed by atoms with Gasteiger partial charge in [-0.1, -0.05) is 45.2 Å². The maximum atomic E-state index is 13.1. The Morgan fingerprint density at radius 3 is 2.53 bits per heavy atom. The van der Waals surface area contributed by atoms with E-state index in [9.17, 15) is 4.79 Å². The molecule has 0 unspecified atom stereocenters. The Labute approximate surface area is 242 Å². The van der Waals surface area contributed by atoms with Crippen molar-refractivity contribution in [2.75, 3.05) is 6.61 Å². The van der Waals surface area contributed by atoms with Crippen LogP contribution in [0.15, 0.2) is 65.8 Å². The number of nitrogens with zero attached hydrogens (tertiary/aromatic N) is 3. The smallest absolute Gasteiger partial charge is 0.282 e. The first-order valence-corrected chi connectivity index (χ1v) is 13.8. The Kier molecular flexibility index (Phi) is 8.78. The molecule has 0 saturated heterocycles. The largest absolute Gasteiger partial charge is 0.490 e. The van der Waals surface area contributed by atoms with Crippen molar-refractivity contribution in [1.29, 1.82) is 0 Å². The Balaban J connectivity index is 1.70. The second-order valence-electron chi connectivity index (χ2n) is 7.57. The Bertz CT molecular complexity index is 1560. The lowest BCUT2D eigenvalue weighted by Gasteiger charge is -2.16. The number of aryl methyl sites for hydroxylation is 1. The number of aromatic nitrogens is 2. The second kappa shape index (κ2) is 11.6. The lowest BCUT2D eigenvalue weighted by atomic mass is 10.2. The number of hydrogen-bond donors (Lipinski definition) is 0. The first kappa shape index (κ1) is 27.1.